The minimum Gasteiger partial charge on any atom is -0.387 e. The molecule has 1 rings (SSSR count). The van der Waals surface area contributed by atoms with Crippen molar-refractivity contribution in [1.82, 2.24) is 5.32 Å². The average Bonchev–Trinajstić information content (AvgIpc) is 2.36. The number of amides is 1. The maximum absolute atomic E-state index is 11.0. The molecule has 0 saturated carbocycles. The van der Waals surface area contributed by atoms with Crippen molar-refractivity contribution < 1.29 is 4.79 Å². The van der Waals surface area contributed by atoms with Crippen molar-refractivity contribution in [3.8, 4) is 0 Å². The first-order valence-corrected chi connectivity index (χ1v) is 6.22. The number of hydrogen-bond donors (Lipinski definition) is 2. The van der Waals surface area contributed by atoms with Crippen LogP contribution in [0.4, 0.5) is 5.69 Å². The van der Waals surface area contributed by atoms with Gasteiger partial charge in [-0.15, -0.1) is 0 Å². The number of carbonyl (C=O) groups excluding carboxylic acids is 1. The van der Waals surface area contributed by atoms with E-state index in [2.05, 4.69) is 10.6 Å². The second-order valence-electron chi connectivity index (χ2n) is 3.91. The number of nitrogens with one attached hydrogen (secondary N) is 2. The van der Waals surface area contributed by atoms with E-state index in [-0.39, 0.29) is 5.91 Å². The van der Waals surface area contributed by atoms with E-state index in [1.54, 1.807) is 7.05 Å². The molecule has 0 heterocycles. The minimum atomic E-state index is 0.0973. The van der Waals surface area contributed by atoms with E-state index in [1.165, 1.54) is 0 Å². The van der Waals surface area contributed by atoms with E-state index in [0.29, 0.717) is 6.42 Å². The SMILES string of the molecule is CNC(=O)CCCCc1cccc(NC)c1Cl. The van der Waals surface area contributed by atoms with Crippen molar-refractivity contribution >= 4 is 23.2 Å². The number of hydrogen-bond acceptors (Lipinski definition) is 2. The van der Waals surface area contributed by atoms with Gasteiger partial charge in [0.2, 0.25) is 5.91 Å². The van der Waals surface area contributed by atoms with Gasteiger partial charge in [0, 0.05) is 20.5 Å². The first-order valence-electron chi connectivity index (χ1n) is 5.84. The first kappa shape index (κ1) is 13.8. The summed E-state index contributed by atoms with van der Waals surface area (Å²) in [5.74, 6) is 0.0973. The van der Waals surface area contributed by atoms with Crippen LogP contribution in [0.1, 0.15) is 24.8 Å². The zero-order valence-electron chi connectivity index (χ0n) is 10.3. The van der Waals surface area contributed by atoms with Crippen LogP contribution in [0.15, 0.2) is 18.2 Å². The van der Waals surface area contributed by atoms with Gasteiger partial charge in [-0.05, 0) is 30.9 Å². The zero-order chi connectivity index (χ0) is 12.7. The highest BCUT2D eigenvalue weighted by Crippen LogP contribution is 2.26. The fourth-order valence-electron chi connectivity index (χ4n) is 1.69. The summed E-state index contributed by atoms with van der Waals surface area (Å²) in [6.45, 7) is 0. The number of halogens is 1. The molecule has 0 radical (unpaired) electrons. The van der Waals surface area contributed by atoms with Gasteiger partial charge < -0.3 is 10.6 Å². The Morgan fingerprint density at radius 2 is 2.06 bits per heavy atom. The molecule has 0 bridgehead atoms. The molecule has 0 aliphatic carbocycles. The first-order chi connectivity index (χ1) is 8.19. The van der Waals surface area contributed by atoms with Crippen LogP contribution in [0.3, 0.4) is 0 Å². The topological polar surface area (TPSA) is 41.1 Å². The van der Waals surface area contributed by atoms with E-state index < -0.39 is 0 Å². The summed E-state index contributed by atoms with van der Waals surface area (Å²) in [5, 5.41) is 6.46. The van der Waals surface area contributed by atoms with Crippen LogP contribution in [0.25, 0.3) is 0 Å². The molecule has 3 nitrogen and oxygen atoms in total. The molecular weight excluding hydrogens is 236 g/mol. The van der Waals surface area contributed by atoms with Crippen LogP contribution in [-0.2, 0) is 11.2 Å². The molecule has 4 heteroatoms. The van der Waals surface area contributed by atoms with Crippen molar-refractivity contribution in [3.63, 3.8) is 0 Å². The Balaban J connectivity index is 2.44. The summed E-state index contributed by atoms with van der Waals surface area (Å²) >= 11 is 6.24. The molecule has 0 atom stereocenters. The molecule has 17 heavy (non-hydrogen) atoms. The Morgan fingerprint density at radius 3 is 2.71 bits per heavy atom. The molecule has 94 valence electrons. The van der Waals surface area contributed by atoms with Crippen molar-refractivity contribution in [1.29, 1.82) is 0 Å². The normalized spacial score (nSPS) is 10.1. The van der Waals surface area contributed by atoms with Gasteiger partial charge in [-0.1, -0.05) is 23.7 Å². The Morgan fingerprint density at radius 1 is 1.29 bits per heavy atom. The molecule has 0 aliphatic heterocycles. The molecule has 0 saturated heterocycles. The van der Waals surface area contributed by atoms with Crippen molar-refractivity contribution in [3.05, 3.63) is 28.8 Å². The van der Waals surface area contributed by atoms with Gasteiger partial charge in [-0.3, -0.25) is 4.79 Å². The van der Waals surface area contributed by atoms with Gasteiger partial charge in [0.15, 0.2) is 0 Å². The lowest BCUT2D eigenvalue weighted by atomic mass is 10.1. The number of aryl methyl sites for hydroxylation is 1. The molecule has 1 aromatic carbocycles. The summed E-state index contributed by atoms with van der Waals surface area (Å²) in [4.78, 5) is 11.0. The predicted octanol–water partition coefficient (Wildman–Crippen LogP) is 2.84. The maximum atomic E-state index is 11.0. The number of carbonyl (C=O) groups is 1. The quantitative estimate of drug-likeness (QED) is 0.767. The lowest BCUT2D eigenvalue weighted by molar-refractivity contribution is -0.120. The summed E-state index contributed by atoms with van der Waals surface area (Å²) in [6.07, 6.45) is 3.35. The third kappa shape index (κ3) is 4.27. The predicted molar refractivity (Wildman–Crippen MR) is 72.6 cm³/mol. The van der Waals surface area contributed by atoms with Crippen LogP contribution < -0.4 is 10.6 Å². The highest BCUT2D eigenvalue weighted by molar-refractivity contribution is 6.34. The maximum Gasteiger partial charge on any atom is 0.219 e. The van der Waals surface area contributed by atoms with Crippen LogP contribution in [0.5, 0.6) is 0 Å². The molecule has 0 aliphatic rings. The van der Waals surface area contributed by atoms with Gasteiger partial charge >= 0.3 is 0 Å². The van der Waals surface area contributed by atoms with Crippen LogP contribution in [0, 0.1) is 0 Å². The molecule has 0 spiro atoms. The highest BCUT2D eigenvalue weighted by atomic mass is 35.5. The smallest absolute Gasteiger partial charge is 0.219 e. The molecule has 0 unspecified atom stereocenters. The monoisotopic (exact) mass is 254 g/mol. The second-order valence-corrected chi connectivity index (χ2v) is 4.29. The summed E-state index contributed by atoms with van der Waals surface area (Å²) in [6, 6.07) is 5.98. The fraction of sp³-hybridized carbons (Fsp3) is 0.462. The summed E-state index contributed by atoms with van der Waals surface area (Å²) in [7, 11) is 3.52. The Labute approximate surface area is 108 Å². The van der Waals surface area contributed by atoms with Gasteiger partial charge in [0.05, 0.1) is 10.7 Å². The number of anilines is 1. The van der Waals surface area contributed by atoms with Gasteiger partial charge in [0.1, 0.15) is 0 Å². The standard InChI is InChI=1S/C13H19ClN2O/c1-15-11-8-5-7-10(13(11)14)6-3-4-9-12(17)16-2/h5,7-8,15H,3-4,6,9H2,1-2H3,(H,16,17). The van der Waals surface area contributed by atoms with E-state index in [1.807, 2.05) is 25.2 Å². The van der Waals surface area contributed by atoms with E-state index in [9.17, 15) is 4.79 Å². The third-order valence-electron chi connectivity index (χ3n) is 2.73. The Hall–Kier alpha value is -1.22. The summed E-state index contributed by atoms with van der Waals surface area (Å²) in [5.41, 5.74) is 2.09. The molecular formula is C13H19ClN2O. The van der Waals surface area contributed by atoms with E-state index in [0.717, 1.165) is 35.5 Å². The summed E-state index contributed by atoms with van der Waals surface area (Å²) < 4.78 is 0. The second kappa shape index (κ2) is 7.17. The van der Waals surface area contributed by atoms with Gasteiger partial charge in [0.25, 0.3) is 0 Å². The van der Waals surface area contributed by atoms with Gasteiger partial charge in [-0.2, -0.15) is 0 Å². The number of unbranched alkanes of at least 4 members (excludes halogenated alkanes) is 1. The van der Waals surface area contributed by atoms with Crippen LogP contribution in [0.2, 0.25) is 5.02 Å². The van der Waals surface area contributed by atoms with E-state index in [4.69, 9.17) is 11.6 Å². The average molecular weight is 255 g/mol. The molecule has 1 aromatic rings. The molecule has 0 aromatic heterocycles. The zero-order valence-corrected chi connectivity index (χ0v) is 11.1. The third-order valence-corrected chi connectivity index (χ3v) is 3.17. The van der Waals surface area contributed by atoms with Crippen molar-refractivity contribution in [2.45, 2.75) is 25.7 Å². The molecule has 2 N–H and O–H groups in total. The van der Waals surface area contributed by atoms with Gasteiger partial charge in [-0.25, -0.2) is 0 Å². The Bertz CT molecular complexity index is 380. The lowest BCUT2D eigenvalue weighted by Gasteiger charge is -2.08. The number of rotatable bonds is 6. The van der Waals surface area contributed by atoms with Crippen molar-refractivity contribution in [2.24, 2.45) is 0 Å². The molecule has 0 fully saturated rings. The Kier molecular flexibility index (Phi) is 5.84. The largest absolute Gasteiger partial charge is 0.387 e. The number of benzene rings is 1. The van der Waals surface area contributed by atoms with Crippen molar-refractivity contribution in [2.75, 3.05) is 19.4 Å². The fourth-order valence-corrected chi connectivity index (χ4v) is 2.01. The highest BCUT2D eigenvalue weighted by Gasteiger charge is 2.05. The van der Waals surface area contributed by atoms with E-state index >= 15 is 0 Å². The molecule has 1 amide bonds. The van der Waals surface area contributed by atoms with Crippen LogP contribution >= 0.6 is 11.6 Å². The minimum absolute atomic E-state index is 0.0973. The van der Waals surface area contributed by atoms with Crippen LogP contribution in [-0.4, -0.2) is 20.0 Å². The lowest BCUT2D eigenvalue weighted by Crippen LogP contribution is -2.16.